The highest BCUT2D eigenvalue weighted by Crippen LogP contribution is 2.60. The summed E-state index contributed by atoms with van der Waals surface area (Å²) in [4.78, 5) is 12.2. The van der Waals surface area contributed by atoms with Gasteiger partial charge in [-0.3, -0.25) is 0 Å². The molecule has 4 saturated carbocycles. The highest BCUT2D eigenvalue weighted by atomic mass is 16.5. The summed E-state index contributed by atoms with van der Waals surface area (Å²) in [5.74, 6) is 3.15. The highest BCUT2D eigenvalue weighted by Gasteiger charge is 2.51. The summed E-state index contributed by atoms with van der Waals surface area (Å²) in [6.45, 7) is 0. The number of esters is 1. The predicted octanol–water partition coefficient (Wildman–Crippen LogP) is 7.44. The zero-order valence-electron chi connectivity index (χ0n) is 21.1. The zero-order valence-corrected chi connectivity index (χ0v) is 21.1. The number of hydrogen-bond donors (Lipinski definition) is 2. The quantitative estimate of drug-likeness (QED) is 0.343. The number of rotatable bonds is 7. The average Bonchev–Trinajstić information content (AvgIpc) is 2.89. The third-order valence-corrected chi connectivity index (χ3v) is 8.62. The van der Waals surface area contributed by atoms with Crippen LogP contribution in [0.15, 0.2) is 66.7 Å². The lowest BCUT2D eigenvalue weighted by atomic mass is 9.48. The Labute approximate surface area is 213 Å². The fourth-order valence-corrected chi connectivity index (χ4v) is 7.37. The number of benzene rings is 3. The van der Waals surface area contributed by atoms with E-state index in [0.717, 1.165) is 34.8 Å². The molecule has 4 bridgehead atoms. The Morgan fingerprint density at radius 2 is 1.28 bits per heavy atom. The Hall–Kier alpha value is -3.47. The molecule has 2 N–H and O–H groups in total. The van der Waals surface area contributed by atoms with Gasteiger partial charge >= 0.3 is 5.97 Å². The second-order valence-corrected chi connectivity index (χ2v) is 11.0. The van der Waals surface area contributed by atoms with Crippen molar-refractivity contribution in [3.05, 3.63) is 77.9 Å². The topological polar surface area (TPSA) is 59.6 Å². The van der Waals surface area contributed by atoms with Gasteiger partial charge in [0.2, 0.25) is 0 Å². The van der Waals surface area contributed by atoms with E-state index in [4.69, 9.17) is 9.47 Å². The van der Waals surface area contributed by atoms with Gasteiger partial charge in [-0.15, -0.1) is 0 Å². The lowest BCUT2D eigenvalue weighted by Gasteiger charge is -2.57. The Kier molecular flexibility index (Phi) is 5.87. The summed E-state index contributed by atoms with van der Waals surface area (Å²) >= 11 is 0. The highest BCUT2D eigenvalue weighted by molar-refractivity contribution is 5.96. The second kappa shape index (κ2) is 9.20. The molecular formula is C31H34N2O3. The zero-order chi connectivity index (χ0) is 24.7. The van der Waals surface area contributed by atoms with Crippen LogP contribution in [-0.4, -0.2) is 20.2 Å². The van der Waals surface area contributed by atoms with Crippen LogP contribution in [0.25, 0.3) is 0 Å². The molecule has 5 heteroatoms. The maximum atomic E-state index is 12.2. The van der Waals surface area contributed by atoms with E-state index >= 15 is 0 Å². The van der Waals surface area contributed by atoms with Gasteiger partial charge in [-0.1, -0.05) is 12.1 Å². The van der Waals surface area contributed by atoms with E-state index in [1.54, 1.807) is 30.9 Å². The van der Waals surface area contributed by atoms with Crippen molar-refractivity contribution in [2.75, 3.05) is 24.9 Å². The third kappa shape index (κ3) is 4.32. The van der Waals surface area contributed by atoms with Gasteiger partial charge in [0, 0.05) is 23.1 Å². The van der Waals surface area contributed by atoms with E-state index in [9.17, 15) is 4.79 Å². The minimum absolute atomic E-state index is 0.393. The Balaban J connectivity index is 1.14. The Morgan fingerprint density at radius 1 is 0.750 bits per heavy atom. The number of methoxy groups -OCH3 is 2. The predicted molar refractivity (Wildman–Crippen MR) is 144 cm³/mol. The molecule has 186 valence electrons. The first-order chi connectivity index (χ1) is 17.5. The van der Waals surface area contributed by atoms with Gasteiger partial charge in [0.05, 0.1) is 25.5 Å². The molecule has 0 aliphatic heterocycles. The standard InChI is InChI=1S/C31H34N2O3/c1-35-27-11-12-28(30(34)36-2)29(16-27)33-26-9-7-25(8-10-26)32-24-5-3-23(4-6-24)31-17-20-13-21(18-31)15-22(14-20)19-31/h3-12,16,20-22,32-33H,13-15,17-19H2,1-2H3. The van der Waals surface area contributed by atoms with Gasteiger partial charge in [0.15, 0.2) is 0 Å². The first-order valence-electron chi connectivity index (χ1n) is 13.0. The molecule has 36 heavy (non-hydrogen) atoms. The molecule has 5 nitrogen and oxygen atoms in total. The van der Waals surface area contributed by atoms with Crippen LogP contribution >= 0.6 is 0 Å². The first kappa shape index (κ1) is 23.0. The maximum absolute atomic E-state index is 12.2. The molecule has 0 atom stereocenters. The number of nitrogens with one attached hydrogen (secondary N) is 2. The number of ether oxygens (including phenoxy) is 2. The fourth-order valence-electron chi connectivity index (χ4n) is 7.37. The molecule has 0 aromatic heterocycles. The Morgan fingerprint density at radius 3 is 1.81 bits per heavy atom. The van der Waals surface area contributed by atoms with Crippen molar-refractivity contribution < 1.29 is 14.3 Å². The fraction of sp³-hybridized carbons (Fsp3) is 0.387. The summed E-state index contributed by atoms with van der Waals surface area (Å²) in [7, 11) is 2.99. The molecule has 4 fully saturated rings. The van der Waals surface area contributed by atoms with Crippen LogP contribution in [0.1, 0.15) is 54.4 Å². The summed E-state index contributed by atoms with van der Waals surface area (Å²) in [6.07, 6.45) is 8.62. The van der Waals surface area contributed by atoms with Gasteiger partial charge in [-0.05, 0) is 116 Å². The maximum Gasteiger partial charge on any atom is 0.339 e. The monoisotopic (exact) mass is 482 g/mol. The Bertz CT molecular complexity index is 1210. The average molecular weight is 483 g/mol. The molecule has 0 radical (unpaired) electrons. The van der Waals surface area contributed by atoms with E-state index in [-0.39, 0.29) is 0 Å². The molecule has 4 aliphatic carbocycles. The van der Waals surface area contributed by atoms with Gasteiger partial charge in [0.1, 0.15) is 5.75 Å². The van der Waals surface area contributed by atoms with Crippen molar-refractivity contribution in [3.63, 3.8) is 0 Å². The summed E-state index contributed by atoms with van der Waals surface area (Å²) in [5, 5.41) is 6.85. The van der Waals surface area contributed by atoms with Crippen molar-refractivity contribution >= 4 is 28.7 Å². The summed E-state index contributed by atoms with van der Waals surface area (Å²) in [6, 6.07) is 22.5. The first-order valence-corrected chi connectivity index (χ1v) is 13.0. The number of carbonyl (C=O) groups is 1. The van der Waals surface area contributed by atoms with E-state index < -0.39 is 5.97 Å². The molecule has 3 aromatic rings. The van der Waals surface area contributed by atoms with Gasteiger partial charge < -0.3 is 20.1 Å². The van der Waals surface area contributed by atoms with E-state index in [0.29, 0.717) is 22.4 Å². The van der Waals surface area contributed by atoms with Crippen LogP contribution < -0.4 is 15.4 Å². The molecule has 3 aromatic carbocycles. The van der Waals surface area contributed by atoms with Crippen molar-refractivity contribution in [1.82, 2.24) is 0 Å². The van der Waals surface area contributed by atoms with Crippen molar-refractivity contribution in [2.24, 2.45) is 17.8 Å². The minimum atomic E-state index is -0.393. The van der Waals surface area contributed by atoms with E-state index in [1.165, 1.54) is 45.6 Å². The van der Waals surface area contributed by atoms with E-state index in [2.05, 4.69) is 34.9 Å². The van der Waals surface area contributed by atoms with Crippen LogP contribution in [0.3, 0.4) is 0 Å². The molecular weight excluding hydrogens is 448 g/mol. The van der Waals surface area contributed by atoms with Gasteiger partial charge in [-0.2, -0.15) is 0 Å². The van der Waals surface area contributed by atoms with Crippen LogP contribution in [-0.2, 0) is 10.2 Å². The minimum Gasteiger partial charge on any atom is -0.497 e. The van der Waals surface area contributed by atoms with Crippen molar-refractivity contribution in [1.29, 1.82) is 0 Å². The lowest BCUT2D eigenvalue weighted by molar-refractivity contribution is -0.00518. The van der Waals surface area contributed by atoms with Gasteiger partial charge in [0.25, 0.3) is 0 Å². The van der Waals surface area contributed by atoms with Crippen LogP contribution in [0, 0.1) is 17.8 Å². The number of hydrogen-bond acceptors (Lipinski definition) is 5. The molecule has 0 unspecified atom stereocenters. The molecule has 0 heterocycles. The molecule has 7 rings (SSSR count). The largest absolute Gasteiger partial charge is 0.497 e. The van der Waals surface area contributed by atoms with Crippen LogP contribution in [0.5, 0.6) is 5.75 Å². The molecule has 0 saturated heterocycles. The van der Waals surface area contributed by atoms with Crippen LogP contribution in [0.2, 0.25) is 0 Å². The third-order valence-electron chi connectivity index (χ3n) is 8.62. The second-order valence-electron chi connectivity index (χ2n) is 11.0. The van der Waals surface area contributed by atoms with Gasteiger partial charge in [-0.25, -0.2) is 4.79 Å². The number of anilines is 4. The summed E-state index contributed by atoms with van der Waals surface area (Å²) < 4.78 is 10.2. The molecule has 4 aliphatic rings. The SMILES string of the molecule is COC(=O)c1ccc(OC)cc1Nc1ccc(Nc2ccc(C34CC5CC(CC(C5)C3)C4)cc2)cc1. The molecule has 0 amide bonds. The molecule has 0 spiro atoms. The lowest BCUT2D eigenvalue weighted by Crippen LogP contribution is -2.48. The smallest absolute Gasteiger partial charge is 0.339 e. The normalized spacial score (nSPS) is 25.9. The van der Waals surface area contributed by atoms with E-state index in [1.807, 2.05) is 24.3 Å². The van der Waals surface area contributed by atoms with Crippen molar-refractivity contribution in [3.8, 4) is 5.75 Å². The van der Waals surface area contributed by atoms with Crippen molar-refractivity contribution in [2.45, 2.75) is 43.9 Å². The van der Waals surface area contributed by atoms with Crippen LogP contribution in [0.4, 0.5) is 22.7 Å². The number of carbonyl (C=O) groups excluding carboxylic acids is 1. The summed E-state index contributed by atoms with van der Waals surface area (Å²) in [5.41, 5.74) is 6.07.